The summed E-state index contributed by atoms with van der Waals surface area (Å²) >= 11 is 0. The maximum atomic E-state index is 11.9. The fourth-order valence-electron chi connectivity index (χ4n) is 1.99. The Bertz CT molecular complexity index is 356. The van der Waals surface area contributed by atoms with Crippen LogP contribution < -0.4 is 0 Å². The third-order valence-corrected chi connectivity index (χ3v) is 2.99. The van der Waals surface area contributed by atoms with Crippen LogP contribution in [-0.4, -0.2) is 35.5 Å². The van der Waals surface area contributed by atoms with Crippen LogP contribution in [0.1, 0.15) is 53.4 Å². The molecule has 0 N–H and O–H groups in total. The van der Waals surface area contributed by atoms with Crippen molar-refractivity contribution < 1.29 is 14.3 Å². The fourth-order valence-corrected chi connectivity index (χ4v) is 1.99. The molecule has 1 fully saturated rings. The van der Waals surface area contributed by atoms with Crippen LogP contribution in [0.3, 0.4) is 0 Å². The van der Waals surface area contributed by atoms with Gasteiger partial charge in [-0.2, -0.15) is 0 Å². The number of piperidine rings is 1. The van der Waals surface area contributed by atoms with Gasteiger partial charge in [0.2, 0.25) is 0 Å². The van der Waals surface area contributed by atoms with Crippen LogP contribution in [-0.2, 0) is 9.53 Å². The largest absolute Gasteiger partial charge is 0.444 e. The van der Waals surface area contributed by atoms with Crippen LogP contribution in [0.5, 0.6) is 0 Å². The minimum Gasteiger partial charge on any atom is -0.444 e. The van der Waals surface area contributed by atoms with Crippen molar-refractivity contribution in [2.45, 2.75) is 59.0 Å². The Morgan fingerprint density at radius 2 is 1.84 bits per heavy atom. The molecule has 1 saturated heterocycles. The zero-order valence-electron chi connectivity index (χ0n) is 12.5. The zero-order valence-corrected chi connectivity index (χ0v) is 12.5. The standard InChI is InChI=1S/C15H25NO3/c1-12(17)6-5-7-13-8-10-16(11-9-13)14(18)19-15(2,3)4/h7H,5-6,8-11H2,1-4H3. The molecule has 108 valence electrons. The van der Waals surface area contributed by atoms with E-state index in [1.807, 2.05) is 20.8 Å². The SMILES string of the molecule is CC(=O)CCC=C1CCN(C(=O)OC(C)(C)C)CC1. The Balaban J connectivity index is 2.36. The average Bonchev–Trinajstić information content (AvgIpc) is 2.27. The number of ketones is 1. The van der Waals surface area contributed by atoms with Crippen molar-refractivity contribution in [3.8, 4) is 0 Å². The summed E-state index contributed by atoms with van der Waals surface area (Å²) in [6.45, 7) is 8.66. The van der Waals surface area contributed by atoms with Gasteiger partial charge in [-0.3, -0.25) is 0 Å². The third-order valence-electron chi connectivity index (χ3n) is 2.99. The smallest absolute Gasteiger partial charge is 0.410 e. The van der Waals surface area contributed by atoms with Crippen molar-refractivity contribution in [2.75, 3.05) is 13.1 Å². The van der Waals surface area contributed by atoms with E-state index in [2.05, 4.69) is 6.08 Å². The van der Waals surface area contributed by atoms with E-state index in [9.17, 15) is 9.59 Å². The Hall–Kier alpha value is -1.32. The molecule has 0 aromatic carbocycles. The molecule has 0 aliphatic carbocycles. The summed E-state index contributed by atoms with van der Waals surface area (Å²) in [6.07, 6.45) is 5.12. The maximum Gasteiger partial charge on any atom is 0.410 e. The van der Waals surface area contributed by atoms with Gasteiger partial charge in [-0.25, -0.2) is 4.79 Å². The summed E-state index contributed by atoms with van der Waals surface area (Å²) in [7, 11) is 0. The Labute approximate surface area is 115 Å². The lowest BCUT2D eigenvalue weighted by atomic mass is 10.0. The molecule has 1 aliphatic heterocycles. The molecular weight excluding hydrogens is 242 g/mol. The molecule has 1 heterocycles. The van der Waals surface area contributed by atoms with Gasteiger partial charge in [0.15, 0.2) is 0 Å². The minimum absolute atomic E-state index is 0.225. The van der Waals surface area contributed by atoms with Crippen LogP contribution in [0, 0.1) is 0 Å². The van der Waals surface area contributed by atoms with Crippen molar-refractivity contribution in [3.63, 3.8) is 0 Å². The van der Waals surface area contributed by atoms with E-state index in [1.54, 1.807) is 11.8 Å². The Morgan fingerprint density at radius 3 is 2.32 bits per heavy atom. The number of hydrogen-bond acceptors (Lipinski definition) is 3. The first-order valence-electron chi connectivity index (χ1n) is 6.93. The predicted octanol–water partition coefficient (Wildman–Crippen LogP) is 3.31. The van der Waals surface area contributed by atoms with E-state index in [4.69, 9.17) is 4.74 Å². The highest BCUT2D eigenvalue weighted by atomic mass is 16.6. The lowest BCUT2D eigenvalue weighted by Gasteiger charge is -2.31. The van der Waals surface area contributed by atoms with Crippen LogP contribution in [0.25, 0.3) is 0 Å². The molecule has 1 amide bonds. The average molecular weight is 267 g/mol. The molecule has 4 nitrogen and oxygen atoms in total. The highest BCUT2D eigenvalue weighted by Gasteiger charge is 2.24. The first-order valence-corrected chi connectivity index (χ1v) is 6.93. The number of hydrogen-bond donors (Lipinski definition) is 0. The number of carbonyl (C=O) groups is 2. The van der Waals surface area contributed by atoms with Gasteiger partial charge in [0, 0.05) is 19.5 Å². The minimum atomic E-state index is -0.436. The van der Waals surface area contributed by atoms with Crippen molar-refractivity contribution in [3.05, 3.63) is 11.6 Å². The van der Waals surface area contributed by atoms with Gasteiger partial charge in [0.05, 0.1) is 0 Å². The summed E-state index contributed by atoms with van der Waals surface area (Å²) in [5.74, 6) is 0.225. The lowest BCUT2D eigenvalue weighted by molar-refractivity contribution is -0.116. The van der Waals surface area contributed by atoms with E-state index in [-0.39, 0.29) is 11.9 Å². The van der Waals surface area contributed by atoms with Gasteiger partial charge >= 0.3 is 6.09 Å². The second-order valence-electron chi connectivity index (χ2n) is 6.07. The monoisotopic (exact) mass is 267 g/mol. The summed E-state index contributed by atoms with van der Waals surface area (Å²) in [5, 5.41) is 0. The van der Waals surface area contributed by atoms with Gasteiger partial charge in [0.1, 0.15) is 11.4 Å². The summed E-state index contributed by atoms with van der Waals surface area (Å²) < 4.78 is 5.35. The second kappa shape index (κ2) is 6.73. The molecule has 0 unspecified atom stereocenters. The number of carbonyl (C=O) groups excluding carboxylic acids is 2. The van der Waals surface area contributed by atoms with Crippen molar-refractivity contribution >= 4 is 11.9 Å². The van der Waals surface area contributed by atoms with Gasteiger partial charge in [-0.05, 0) is 47.0 Å². The lowest BCUT2D eigenvalue weighted by Crippen LogP contribution is -2.40. The second-order valence-corrected chi connectivity index (χ2v) is 6.07. The summed E-state index contributed by atoms with van der Waals surface area (Å²) in [4.78, 5) is 24.5. The van der Waals surface area contributed by atoms with Gasteiger partial charge in [0.25, 0.3) is 0 Å². The fraction of sp³-hybridized carbons (Fsp3) is 0.733. The summed E-state index contributed by atoms with van der Waals surface area (Å²) in [5.41, 5.74) is 0.912. The normalized spacial score (nSPS) is 16.2. The molecule has 1 aliphatic rings. The number of Topliss-reactive ketones (excluding diaryl/α,β-unsaturated/α-hetero) is 1. The Morgan fingerprint density at radius 1 is 1.26 bits per heavy atom. The number of rotatable bonds is 3. The molecule has 0 bridgehead atoms. The first kappa shape index (κ1) is 15.7. The Kier molecular flexibility index (Phi) is 5.58. The van der Waals surface area contributed by atoms with Gasteiger partial charge in [-0.1, -0.05) is 11.6 Å². The van der Waals surface area contributed by atoms with Crippen LogP contribution in [0.4, 0.5) is 4.79 Å². The molecule has 0 aromatic rings. The van der Waals surface area contributed by atoms with Crippen molar-refractivity contribution in [1.82, 2.24) is 4.90 Å². The highest BCUT2D eigenvalue weighted by Crippen LogP contribution is 2.19. The van der Waals surface area contributed by atoms with E-state index in [0.29, 0.717) is 19.5 Å². The van der Waals surface area contributed by atoms with Gasteiger partial charge in [-0.15, -0.1) is 0 Å². The number of amides is 1. The van der Waals surface area contributed by atoms with Crippen LogP contribution >= 0.6 is 0 Å². The molecule has 19 heavy (non-hydrogen) atoms. The van der Waals surface area contributed by atoms with Crippen molar-refractivity contribution in [2.24, 2.45) is 0 Å². The third kappa shape index (κ3) is 6.41. The van der Waals surface area contributed by atoms with E-state index < -0.39 is 5.60 Å². The summed E-state index contributed by atoms with van der Waals surface area (Å²) in [6, 6.07) is 0. The topological polar surface area (TPSA) is 46.6 Å². The van der Waals surface area contributed by atoms with Crippen LogP contribution in [0.15, 0.2) is 11.6 Å². The molecule has 0 atom stereocenters. The number of likely N-dealkylation sites (tertiary alicyclic amines) is 1. The molecule has 0 aromatic heterocycles. The first-order chi connectivity index (χ1) is 8.78. The quantitative estimate of drug-likeness (QED) is 0.737. The predicted molar refractivity (Wildman–Crippen MR) is 75.0 cm³/mol. The van der Waals surface area contributed by atoms with E-state index in [1.165, 1.54) is 5.57 Å². The van der Waals surface area contributed by atoms with Crippen LogP contribution in [0.2, 0.25) is 0 Å². The van der Waals surface area contributed by atoms with Gasteiger partial charge < -0.3 is 14.4 Å². The number of nitrogens with zero attached hydrogens (tertiary/aromatic N) is 1. The number of ether oxygens (including phenoxy) is 1. The maximum absolute atomic E-state index is 11.9. The van der Waals surface area contributed by atoms with E-state index in [0.717, 1.165) is 19.3 Å². The molecule has 0 saturated carbocycles. The van der Waals surface area contributed by atoms with E-state index >= 15 is 0 Å². The zero-order chi connectivity index (χ0) is 14.5. The molecule has 0 radical (unpaired) electrons. The molecular formula is C15H25NO3. The highest BCUT2D eigenvalue weighted by molar-refractivity contribution is 5.75. The number of allylic oxidation sites excluding steroid dienone is 1. The molecule has 1 rings (SSSR count). The molecule has 0 spiro atoms. The molecule has 4 heteroatoms. The van der Waals surface area contributed by atoms with Crippen molar-refractivity contribution in [1.29, 1.82) is 0 Å².